The molecule has 0 aliphatic carbocycles. The molecule has 1 unspecified atom stereocenters. The molecule has 1 aliphatic heterocycles. The molecule has 0 radical (unpaired) electrons. The smallest absolute Gasteiger partial charge is 0.301 e. The molecule has 0 amide bonds. The summed E-state index contributed by atoms with van der Waals surface area (Å²) in [4.78, 5) is 0. The lowest BCUT2D eigenvalue weighted by Crippen LogP contribution is -2.42. The summed E-state index contributed by atoms with van der Waals surface area (Å²) in [6.45, 7) is 3.14. The van der Waals surface area contributed by atoms with Crippen molar-refractivity contribution in [1.29, 1.82) is 5.26 Å². The fraction of sp³-hybridized carbons (Fsp3) is 0.500. The Morgan fingerprint density at radius 2 is 2.14 bits per heavy atom. The lowest BCUT2D eigenvalue weighted by atomic mass is 10.0. The van der Waals surface area contributed by atoms with Crippen molar-refractivity contribution in [3.8, 4) is 11.8 Å². The van der Waals surface area contributed by atoms with E-state index < -0.39 is 10.2 Å². The van der Waals surface area contributed by atoms with E-state index in [0.29, 0.717) is 30.4 Å². The molecule has 21 heavy (non-hydrogen) atoms. The fourth-order valence-corrected chi connectivity index (χ4v) is 3.70. The van der Waals surface area contributed by atoms with Crippen molar-refractivity contribution >= 4 is 15.9 Å². The van der Waals surface area contributed by atoms with Crippen molar-refractivity contribution < 1.29 is 13.2 Å². The molecule has 0 bridgehead atoms. The van der Waals surface area contributed by atoms with Crippen molar-refractivity contribution in [2.45, 2.75) is 19.8 Å². The van der Waals surface area contributed by atoms with Crippen molar-refractivity contribution in [2.75, 3.05) is 24.4 Å². The molecule has 1 aliphatic rings. The van der Waals surface area contributed by atoms with Crippen LogP contribution in [0.1, 0.15) is 19.8 Å². The summed E-state index contributed by atoms with van der Waals surface area (Å²) in [7, 11) is -3.51. The maximum atomic E-state index is 12.3. The van der Waals surface area contributed by atoms with Crippen molar-refractivity contribution in [1.82, 2.24) is 4.31 Å². The van der Waals surface area contributed by atoms with E-state index in [-0.39, 0.29) is 6.61 Å². The Kier molecular flexibility index (Phi) is 5.04. The highest BCUT2D eigenvalue weighted by Gasteiger charge is 2.26. The number of nitrogens with zero attached hydrogens (tertiary/aromatic N) is 2. The molecule has 2 rings (SSSR count). The highest BCUT2D eigenvalue weighted by molar-refractivity contribution is 7.90. The summed E-state index contributed by atoms with van der Waals surface area (Å²) in [5.41, 5.74) is 0.484. The second-order valence-electron chi connectivity index (χ2n) is 5.18. The first-order valence-corrected chi connectivity index (χ1v) is 8.33. The van der Waals surface area contributed by atoms with Gasteiger partial charge in [-0.15, -0.1) is 0 Å². The van der Waals surface area contributed by atoms with Gasteiger partial charge in [-0.2, -0.15) is 18.0 Å². The van der Waals surface area contributed by atoms with Crippen LogP contribution in [-0.4, -0.2) is 32.4 Å². The van der Waals surface area contributed by atoms with Gasteiger partial charge in [-0.3, -0.25) is 4.72 Å². The highest BCUT2D eigenvalue weighted by Crippen LogP contribution is 2.21. The number of hydrogen-bond donors (Lipinski definition) is 1. The van der Waals surface area contributed by atoms with Crippen molar-refractivity contribution in [3.05, 3.63) is 24.3 Å². The summed E-state index contributed by atoms with van der Waals surface area (Å²) in [5, 5.41) is 8.43. The summed E-state index contributed by atoms with van der Waals surface area (Å²) in [6, 6.07) is 8.39. The molecule has 0 saturated carbocycles. The SMILES string of the molecule is CC1CCCN(S(=O)(=O)Nc2ccc(OCC#N)cc2)C1. The standard InChI is InChI=1S/C14H19N3O3S/c1-12-3-2-9-17(11-12)21(18,19)16-13-4-6-14(7-5-13)20-10-8-15/h4-7,12,16H,2-3,9-11H2,1H3. The number of nitriles is 1. The predicted octanol–water partition coefficient (Wildman–Crippen LogP) is 1.98. The zero-order valence-electron chi connectivity index (χ0n) is 11.9. The minimum Gasteiger partial charge on any atom is -0.479 e. The maximum absolute atomic E-state index is 12.3. The largest absolute Gasteiger partial charge is 0.479 e. The zero-order valence-corrected chi connectivity index (χ0v) is 12.8. The van der Waals surface area contributed by atoms with E-state index in [4.69, 9.17) is 10.00 Å². The number of benzene rings is 1. The van der Waals surface area contributed by atoms with Crippen LogP contribution in [0.4, 0.5) is 5.69 Å². The van der Waals surface area contributed by atoms with Gasteiger partial charge in [0.15, 0.2) is 6.61 Å². The van der Waals surface area contributed by atoms with Crippen LogP contribution in [0, 0.1) is 17.2 Å². The lowest BCUT2D eigenvalue weighted by molar-refractivity contribution is 0.282. The van der Waals surface area contributed by atoms with Crippen LogP contribution in [0.3, 0.4) is 0 Å². The topological polar surface area (TPSA) is 82.4 Å². The van der Waals surface area contributed by atoms with E-state index in [2.05, 4.69) is 11.6 Å². The molecular formula is C14H19N3O3S. The molecule has 1 fully saturated rings. The second kappa shape index (κ2) is 6.78. The molecule has 1 N–H and O–H groups in total. The second-order valence-corrected chi connectivity index (χ2v) is 6.85. The minimum absolute atomic E-state index is 0.0310. The Labute approximate surface area is 125 Å². The molecule has 7 heteroatoms. The van der Waals surface area contributed by atoms with Crippen LogP contribution in [0.5, 0.6) is 5.75 Å². The Balaban J connectivity index is 2.01. The van der Waals surface area contributed by atoms with Gasteiger partial charge in [-0.25, -0.2) is 0 Å². The maximum Gasteiger partial charge on any atom is 0.301 e. The van der Waals surface area contributed by atoms with Crippen molar-refractivity contribution in [2.24, 2.45) is 5.92 Å². The third-order valence-electron chi connectivity index (χ3n) is 3.36. The third kappa shape index (κ3) is 4.34. The van der Waals surface area contributed by atoms with Gasteiger partial charge in [0.05, 0.1) is 5.69 Å². The molecule has 1 heterocycles. The Bertz CT molecular complexity index is 607. The van der Waals surface area contributed by atoms with Crippen LogP contribution in [0.2, 0.25) is 0 Å². The van der Waals surface area contributed by atoms with Gasteiger partial charge in [0, 0.05) is 13.1 Å². The molecule has 114 valence electrons. The summed E-state index contributed by atoms with van der Waals surface area (Å²) in [5.74, 6) is 0.920. The Hall–Kier alpha value is -1.78. The summed E-state index contributed by atoms with van der Waals surface area (Å²) >= 11 is 0. The first-order valence-electron chi connectivity index (χ1n) is 6.89. The van der Waals surface area contributed by atoms with Gasteiger partial charge in [0.2, 0.25) is 0 Å². The molecule has 1 atom stereocenters. The Morgan fingerprint density at radius 1 is 1.43 bits per heavy atom. The zero-order chi connectivity index (χ0) is 15.3. The highest BCUT2D eigenvalue weighted by atomic mass is 32.2. The van der Waals surface area contributed by atoms with Crippen molar-refractivity contribution in [3.63, 3.8) is 0 Å². The summed E-state index contributed by atoms with van der Waals surface area (Å²) < 4.78 is 33.8. The molecule has 0 aromatic heterocycles. The van der Waals surface area contributed by atoms with E-state index in [1.165, 1.54) is 4.31 Å². The number of hydrogen-bond acceptors (Lipinski definition) is 4. The normalized spacial score (nSPS) is 19.7. The van der Waals surface area contributed by atoms with Gasteiger partial charge >= 0.3 is 10.2 Å². The molecule has 1 saturated heterocycles. The molecular weight excluding hydrogens is 290 g/mol. The molecule has 6 nitrogen and oxygen atoms in total. The lowest BCUT2D eigenvalue weighted by Gasteiger charge is -2.30. The van der Waals surface area contributed by atoms with Crippen LogP contribution in [0.25, 0.3) is 0 Å². The van der Waals surface area contributed by atoms with E-state index in [9.17, 15) is 8.42 Å². The quantitative estimate of drug-likeness (QED) is 0.901. The van der Waals surface area contributed by atoms with Crippen LogP contribution in [-0.2, 0) is 10.2 Å². The molecule has 0 spiro atoms. The Morgan fingerprint density at radius 3 is 2.76 bits per heavy atom. The van der Waals surface area contributed by atoms with E-state index >= 15 is 0 Å². The number of anilines is 1. The minimum atomic E-state index is -3.51. The molecule has 1 aromatic carbocycles. The number of nitrogens with one attached hydrogen (secondary N) is 1. The van der Waals surface area contributed by atoms with Gasteiger partial charge in [0.25, 0.3) is 0 Å². The van der Waals surface area contributed by atoms with E-state index in [1.54, 1.807) is 24.3 Å². The van der Waals surface area contributed by atoms with Crippen LogP contribution >= 0.6 is 0 Å². The first-order chi connectivity index (χ1) is 10.0. The number of piperidine rings is 1. The van der Waals surface area contributed by atoms with E-state index in [0.717, 1.165) is 12.8 Å². The van der Waals surface area contributed by atoms with Gasteiger partial charge in [0.1, 0.15) is 11.8 Å². The number of rotatable bonds is 5. The third-order valence-corrected chi connectivity index (χ3v) is 4.87. The van der Waals surface area contributed by atoms with Crippen LogP contribution in [0.15, 0.2) is 24.3 Å². The average molecular weight is 309 g/mol. The van der Waals surface area contributed by atoms with Gasteiger partial charge < -0.3 is 4.74 Å². The fourth-order valence-electron chi connectivity index (χ4n) is 2.31. The van der Waals surface area contributed by atoms with Crippen LogP contribution < -0.4 is 9.46 Å². The monoisotopic (exact) mass is 309 g/mol. The van der Waals surface area contributed by atoms with E-state index in [1.807, 2.05) is 6.07 Å². The van der Waals surface area contributed by atoms with Gasteiger partial charge in [-0.05, 0) is 43.0 Å². The first kappa shape index (κ1) is 15.6. The molecule has 1 aromatic rings. The predicted molar refractivity (Wildman–Crippen MR) is 80.1 cm³/mol. The van der Waals surface area contributed by atoms with Gasteiger partial charge in [-0.1, -0.05) is 6.92 Å². The number of ether oxygens (including phenoxy) is 1. The average Bonchev–Trinajstić information content (AvgIpc) is 2.46. The summed E-state index contributed by atoms with van der Waals surface area (Å²) in [6.07, 6.45) is 1.96.